The fourth-order valence-corrected chi connectivity index (χ4v) is 5.29. The first-order chi connectivity index (χ1) is 25.0. The molecule has 0 unspecified atom stereocenters. The molecule has 3 rings (SSSR count). The zero-order valence-electron chi connectivity index (χ0n) is 32.3. The Bertz CT molecular complexity index is 1620. The highest BCUT2D eigenvalue weighted by Gasteiger charge is 2.22. The molecule has 53 heavy (non-hydrogen) atoms. The molecule has 1 heterocycles. The number of carbonyl (C=O) groups excluding carboxylic acids is 4. The Kier molecular flexibility index (Phi) is 16.5. The van der Waals surface area contributed by atoms with E-state index in [2.05, 4.69) is 15.6 Å². The van der Waals surface area contributed by atoms with E-state index in [-0.39, 0.29) is 30.0 Å². The summed E-state index contributed by atoms with van der Waals surface area (Å²) in [6, 6.07) is 12.5. The number of benzene rings is 2. The number of carbonyl (C=O) groups is 4. The van der Waals surface area contributed by atoms with Crippen LogP contribution in [0.15, 0.2) is 53.0 Å². The van der Waals surface area contributed by atoms with Crippen LogP contribution in [-0.2, 0) is 35.1 Å². The summed E-state index contributed by atoms with van der Waals surface area (Å²) in [7, 11) is 0. The quantitative estimate of drug-likeness (QED) is 0.114. The number of nitrogens with zero attached hydrogens (tertiary/aromatic N) is 2. The summed E-state index contributed by atoms with van der Waals surface area (Å²) < 4.78 is 21.9. The molecule has 0 atom stereocenters. The lowest BCUT2D eigenvalue weighted by Gasteiger charge is -2.24. The number of hydrogen-bond acceptors (Lipinski definition) is 10. The van der Waals surface area contributed by atoms with Crippen molar-refractivity contribution in [3.8, 4) is 0 Å². The van der Waals surface area contributed by atoms with Gasteiger partial charge in [-0.1, -0.05) is 25.1 Å². The summed E-state index contributed by atoms with van der Waals surface area (Å²) in [6.07, 6.45) is 3.66. The monoisotopic (exact) mass is 735 g/mol. The molecular weight excluding hydrogens is 678 g/mol. The van der Waals surface area contributed by atoms with Gasteiger partial charge in [-0.2, -0.15) is 0 Å². The van der Waals surface area contributed by atoms with Gasteiger partial charge in [0.2, 0.25) is 5.91 Å². The number of rotatable bonds is 18. The van der Waals surface area contributed by atoms with Crippen LogP contribution in [0.1, 0.15) is 102 Å². The van der Waals surface area contributed by atoms with Gasteiger partial charge in [0.15, 0.2) is 0 Å². The standard InChI is InChI=1S/C40H57N5O8/c1-8-18-45(19-11-17-42-38(49)53-40(5,6)7)37(48)31-24-29-15-16-30(25-33(29)44-34(41)26-31)36(47)43-32-13-9-12-28(23-32)27-51-22-21-50-20-10-14-35(46)52-39(2,3)4/h9,12-13,15-16,23-25H,8,10-11,14,17-22,26-27H2,1-7H3,(H2,41,44)(H,42,49)(H,43,47). The normalized spacial score (nSPS) is 12.8. The third kappa shape index (κ3) is 16.2. The number of hydrogen-bond donors (Lipinski definition) is 3. The number of nitrogens with two attached hydrogens (primary N) is 1. The number of esters is 1. The first kappa shape index (κ1) is 42.7. The molecule has 3 amide bonds. The summed E-state index contributed by atoms with van der Waals surface area (Å²) in [5.41, 5.74) is 8.75. The van der Waals surface area contributed by atoms with Crippen LogP contribution in [0.5, 0.6) is 0 Å². The van der Waals surface area contributed by atoms with Gasteiger partial charge in [-0.25, -0.2) is 9.79 Å². The van der Waals surface area contributed by atoms with E-state index < -0.39 is 17.3 Å². The molecule has 0 bridgehead atoms. The van der Waals surface area contributed by atoms with Crippen LogP contribution in [0.2, 0.25) is 0 Å². The Morgan fingerprint density at radius 2 is 1.62 bits per heavy atom. The molecule has 0 saturated heterocycles. The maximum absolute atomic E-state index is 13.7. The Morgan fingerprint density at radius 1 is 0.887 bits per heavy atom. The largest absolute Gasteiger partial charge is 0.460 e. The Balaban J connectivity index is 1.52. The molecule has 0 radical (unpaired) electrons. The number of alkyl carbamates (subject to hydrolysis) is 1. The summed E-state index contributed by atoms with van der Waals surface area (Å²) in [5, 5.41) is 5.67. The topological polar surface area (TPSA) is 171 Å². The number of anilines is 1. The van der Waals surface area contributed by atoms with Gasteiger partial charge < -0.3 is 40.2 Å². The fourth-order valence-electron chi connectivity index (χ4n) is 5.29. The van der Waals surface area contributed by atoms with Crippen LogP contribution in [0, 0.1) is 0 Å². The van der Waals surface area contributed by atoms with E-state index in [4.69, 9.17) is 24.7 Å². The van der Waals surface area contributed by atoms with Crippen molar-refractivity contribution in [2.75, 3.05) is 44.8 Å². The zero-order chi connectivity index (χ0) is 39.0. The SMILES string of the molecule is CCCN(CCCNC(=O)OC(C)(C)C)C(=O)C1=Cc2ccc(C(=O)Nc3cccc(COCCOCCCC(=O)OC(C)(C)C)c3)cc2N=C(N)C1. The van der Waals surface area contributed by atoms with Crippen LogP contribution in [0.25, 0.3) is 6.08 Å². The molecule has 0 saturated carbocycles. The lowest BCUT2D eigenvalue weighted by Crippen LogP contribution is -2.37. The molecule has 0 fully saturated rings. The van der Waals surface area contributed by atoms with Gasteiger partial charge >= 0.3 is 12.1 Å². The minimum Gasteiger partial charge on any atom is -0.460 e. The number of amidine groups is 1. The summed E-state index contributed by atoms with van der Waals surface area (Å²) in [6.45, 7) is 15.8. The van der Waals surface area contributed by atoms with Gasteiger partial charge in [0.25, 0.3) is 5.91 Å². The highest BCUT2D eigenvalue weighted by Crippen LogP contribution is 2.29. The van der Waals surface area contributed by atoms with E-state index in [1.807, 2.05) is 45.9 Å². The maximum Gasteiger partial charge on any atom is 0.407 e. The second-order valence-corrected chi connectivity index (χ2v) is 14.8. The molecular formula is C40H57N5O8. The van der Waals surface area contributed by atoms with Gasteiger partial charge in [-0.3, -0.25) is 14.4 Å². The smallest absolute Gasteiger partial charge is 0.407 e. The third-order valence-electron chi connectivity index (χ3n) is 7.50. The lowest BCUT2D eigenvalue weighted by atomic mass is 10.0. The molecule has 290 valence electrons. The summed E-state index contributed by atoms with van der Waals surface area (Å²) >= 11 is 0. The average molecular weight is 736 g/mol. The van der Waals surface area contributed by atoms with Gasteiger partial charge in [-0.05, 0) is 96.7 Å². The van der Waals surface area contributed by atoms with Crippen LogP contribution in [0.3, 0.4) is 0 Å². The average Bonchev–Trinajstić information content (AvgIpc) is 3.23. The van der Waals surface area contributed by atoms with Crippen molar-refractivity contribution >= 4 is 47.2 Å². The van der Waals surface area contributed by atoms with E-state index in [0.29, 0.717) is 93.4 Å². The second kappa shape index (κ2) is 20.5. The first-order valence-electron chi connectivity index (χ1n) is 18.2. The third-order valence-corrected chi connectivity index (χ3v) is 7.50. The molecule has 1 aliphatic heterocycles. The number of nitrogens with one attached hydrogen (secondary N) is 2. The molecule has 1 aliphatic rings. The Hall–Kier alpha value is -4.75. The second-order valence-electron chi connectivity index (χ2n) is 14.8. The van der Waals surface area contributed by atoms with Crippen molar-refractivity contribution < 1.29 is 38.1 Å². The van der Waals surface area contributed by atoms with E-state index in [0.717, 1.165) is 12.0 Å². The van der Waals surface area contributed by atoms with Crippen molar-refractivity contribution in [2.24, 2.45) is 10.7 Å². The van der Waals surface area contributed by atoms with E-state index in [1.54, 1.807) is 56.0 Å². The summed E-state index contributed by atoms with van der Waals surface area (Å²) in [5.74, 6) is -0.441. The van der Waals surface area contributed by atoms with Crippen molar-refractivity contribution in [1.82, 2.24) is 10.2 Å². The Morgan fingerprint density at radius 3 is 2.34 bits per heavy atom. The highest BCUT2D eigenvalue weighted by atomic mass is 16.6. The van der Waals surface area contributed by atoms with E-state index >= 15 is 0 Å². The van der Waals surface area contributed by atoms with Gasteiger partial charge in [0.05, 0.1) is 25.5 Å². The van der Waals surface area contributed by atoms with Gasteiger partial charge in [-0.15, -0.1) is 0 Å². The van der Waals surface area contributed by atoms with Crippen LogP contribution < -0.4 is 16.4 Å². The molecule has 2 aromatic rings. The highest BCUT2D eigenvalue weighted by molar-refractivity contribution is 6.08. The van der Waals surface area contributed by atoms with Crippen molar-refractivity contribution in [2.45, 2.75) is 98.4 Å². The molecule has 0 aliphatic carbocycles. The predicted octanol–water partition coefficient (Wildman–Crippen LogP) is 6.52. The van der Waals surface area contributed by atoms with E-state index in [1.165, 1.54) is 0 Å². The van der Waals surface area contributed by atoms with Crippen LogP contribution in [-0.4, -0.2) is 85.3 Å². The van der Waals surface area contributed by atoms with E-state index in [9.17, 15) is 19.2 Å². The molecule has 4 N–H and O–H groups in total. The minimum atomic E-state index is -0.586. The number of amides is 3. The summed E-state index contributed by atoms with van der Waals surface area (Å²) in [4.78, 5) is 57.0. The number of fused-ring (bicyclic) bond motifs is 1. The minimum absolute atomic E-state index is 0.149. The molecule has 13 nitrogen and oxygen atoms in total. The molecule has 2 aromatic carbocycles. The number of aliphatic imine (C=N–C) groups is 1. The van der Waals surface area contributed by atoms with Crippen molar-refractivity contribution in [3.63, 3.8) is 0 Å². The predicted molar refractivity (Wildman–Crippen MR) is 206 cm³/mol. The maximum atomic E-state index is 13.7. The van der Waals surface area contributed by atoms with Crippen LogP contribution >= 0.6 is 0 Å². The molecule has 0 spiro atoms. The van der Waals surface area contributed by atoms with Gasteiger partial charge in [0, 0.05) is 61.5 Å². The molecule has 0 aromatic heterocycles. The van der Waals surface area contributed by atoms with Crippen molar-refractivity contribution in [3.05, 3.63) is 64.7 Å². The van der Waals surface area contributed by atoms with Crippen LogP contribution in [0.4, 0.5) is 16.2 Å². The lowest BCUT2D eigenvalue weighted by molar-refractivity contribution is -0.155. The molecule has 13 heteroatoms. The Labute approximate surface area is 313 Å². The van der Waals surface area contributed by atoms with Gasteiger partial charge in [0.1, 0.15) is 17.0 Å². The first-order valence-corrected chi connectivity index (χ1v) is 18.2. The van der Waals surface area contributed by atoms with Crippen molar-refractivity contribution in [1.29, 1.82) is 0 Å². The zero-order valence-corrected chi connectivity index (χ0v) is 32.3. The fraction of sp³-hybridized carbons (Fsp3) is 0.525. The number of ether oxygens (including phenoxy) is 4.